The van der Waals surface area contributed by atoms with Crippen molar-refractivity contribution in [2.24, 2.45) is 4.99 Å². The van der Waals surface area contributed by atoms with Gasteiger partial charge in [-0.05, 0) is 38.8 Å². The van der Waals surface area contributed by atoms with E-state index in [1.807, 2.05) is 26.0 Å². The van der Waals surface area contributed by atoms with Crippen LogP contribution in [0.2, 0.25) is 0 Å². The summed E-state index contributed by atoms with van der Waals surface area (Å²) >= 11 is 0. The first-order chi connectivity index (χ1) is 11.7. The van der Waals surface area contributed by atoms with Crippen LogP contribution in [0.5, 0.6) is 0 Å². The highest BCUT2D eigenvalue weighted by Gasteiger charge is 2.16. The fourth-order valence-electron chi connectivity index (χ4n) is 2.93. The van der Waals surface area contributed by atoms with Crippen LogP contribution >= 0.6 is 24.0 Å². The Morgan fingerprint density at radius 1 is 1.32 bits per heavy atom. The van der Waals surface area contributed by atoms with Crippen LogP contribution < -0.4 is 10.6 Å². The lowest BCUT2D eigenvalue weighted by Crippen LogP contribution is -2.43. The standard InChI is InChI=1S/C18H26N4O2.HI/c1-13-14(2)24-17(21-13)12-20-18(22-15-6-3-4-7-15)19-10-9-16-8-5-11-23-16;/h5,8,11,15H,3-4,6-7,9-10,12H2,1-2H3,(H2,19,20,22);1H. The van der Waals surface area contributed by atoms with Crippen LogP contribution in [0.25, 0.3) is 0 Å². The van der Waals surface area contributed by atoms with Gasteiger partial charge in [0.2, 0.25) is 5.89 Å². The van der Waals surface area contributed by atoms with Crippen molar-refractivity contribution < 1.29 is 8.83 Å². The summed E-state index contributed by atoms with van der Waals surface area (Å²) in [6, 6.07) is 4.41. The van der Waals surface area contributed by atoms with Gasteiger partial charge in [0.15, 0.2) is 5.96 Å². The van der Waals surface area contributed by atoms with E-state index in [2.05, 4.69) is 20.6 Å². The highest BCUT2D eigenvalue weighted by molar-refractivity contribution is 14.0. The largest absolute Gasteiger partial charge is 0.469 e. The van der Waals surface area contributed by atoms with E-state index in [0.29, 0.717) is 18.5 Å². The van der Waals surface area contributed by atoms with Crippen molar-refractivity contribution >= 4 is 29.9 Å². The zero-order chi connectivity index (χ0) is 16.8. The van der Waals surface area contributed by atoms with Crippen LogP contribution in [0.4, 0.5) is 0 Å². The zero-order valence-electron chi connectivity index (χ0n) is 14.9. The molecule has 3 rings (SSSR count). The van der Waals surface area contributed by atoms with Gasteiger partial charge in [0.1, 0.15) is 18.1 Å². The molecule has 6 nitrogen and oxygen atoms in total. The minimum atomic E-state index is 0. The topological polar surface area (TPSA) is 75.6 Å². The monoisotopic (exact) mass is 458 g/mol. The van der Waals surface area contributed by atoms with Gasteiger partial charge in [-0.3, -0.25) is 0 Å². The molecule has 0 bridgehead atoms. The second kappa shape index (κ2) is 9.84. The highest BCUT2D eigenvalue weighted by atomic mass is 127. The van der Waals surface area contributed by atoms with E-state index in [1.165, 1.54) is 25.7 Å². The molecule has 1 fully saturated rings. The molecule has 1 aliphatic carbocycles. The highest BCUT2D eigenvalue weighted by Crippen LogP contribution is 2.17. The Hall–Kier alpha value is -1.51. The molecule has 25 heavy (non-hydrogen) atoms. The van der Waals surface area contributed by atoms with E-state index < -0.39 is 0 Å². The molecule has 2 aromatic rings. The molecule has 0 aliphatic heterocycles. The molecule has 7 heteroatoms. The first-order valence-corrected chi connectivity index (χ1v) is 8.71. The Balaban J connectivity index is 0.00000225. The Morgan fingerprint density at radius 3 is 2.76 bits per heavy atom. The maximum Gasteiger partial charge on any atom is 0.216 e. The van der Waals surface area contributed by atoms with Crippen LogP contribution in [0.1, 0.15) is 48.8 Å². The Bertz CT molecular complexity index is 641. The number of aliphatic imine (C=N–C) groups is 1. The molecule has 1 aliphatic rings. The van der Waals surface area contributed by atoms with Crippen molar-refractivity contribution in [3.05, 3.63) is 41.5 Å². The molecular formula is C18H27IN4O2. The summed E-state index contributed by atoms with van der Waals surface area (Å²) in [7, 11) is 0. The number of aryl methyl sites for hydroxylation is 2. The van der Waals surface area contributed by atoms with Crippen LogP contribution in [0, 0.1) is 13.8 Å². The quantitative estimate of drug-likeness (QED) is 0.392. The van der Waals surface area contributed by atoms with Gasteiger partial charge in [-0.1, -0.05) is 12.8 Å². The SMILES string of the molecule is Cc1nc(CN=C(NCCc2ccco2)NC2CCCC2)oc1C.I. The molecule has 0 atom stereocenters. The number of halogens is 1. The van der Waals surface area contributed by atoms with E-state index in [0.717, 1.165) is 36.1 Å². The minimum absolute atomic E-state index is 0. The summed E-state index contributed by atoms with van der Waals surface area (Å²) in [5.41, 5.74) is 0.927. The van der Waals surface area contributed by atoms with Gasteiger partial charge < -0.3 is 19.5 Å². The van der Waals surface area contributed by atoms with E-state index in [-0.39, 0.29) is 24.0 Å². The predicted octanol–water partition coefficient (Wildman–Crippen LogP) is 3.72. The van der Waals surface area contributed by atoms with Crippen molar-refractivity contribution in [2.75, 3.05) is 6.54 Å². The van der Waals surface area contributed by atoms with Crippen molar-refractivity contribution in [1.29, 1.82) is 0 Å². The van der Waals surface area contributed by atoms with Gasteiger partial charge in [0, 0.05) is 19.0 Å². The van der Waals surface area contributed by atoms with Crippen molar-refractivity contribution in [2.45, 2.75) is 58.5 Å². The maximum absolute atomic E-state index is 5.61. The van der Waals surface area contributed by atoms with E-state index in [1.54, 1.807) is 6.26 Å². The molecule has 1 saturated carbocycles. The smallest absolute Gasteiger partial charge is 0.216 e. The third-order valence-corrected chi connectivity index (χ3v) is 4.39. The van der Waals surface area contributed by atoms with Crippen LogP contribution in [-0.4, -0.2) is 23.5 Å². The average molecular weight is 458 g/mol. The van der Waals surface area contributed by atoms with Crippen LogP contribution in [0.3, 0.4) is 0 Å². The van der Waals surface area contributed by atoms with Gasteiger partial charge in [-0.25, -0.2) is 9.98 Å². The van der Waals surface area contributed by atoms with Crippen molar-refractivity contribution in [1.82, 2.24) is 15.6 Å². The molecule has 0 spiro atoms. The molecule has 2 aromatic heterocycles. The number of aromatic nitrogens is 1. The Kier molecular flexibility index (Phi) is 7.80. The fourth-order valence-corrected chi connectivity index (χ4v) is 2.93. The molecule has 138 valence electrons. The zero-order valence-corrected chi connectivity index (χ0v) is 17.2. The normalized spacial score (nSPS) is 15.2. The average Bonchev–Trinajstić information content (AvgIpc) is 3.29. The summed E-state index contributed by atoms with van der Waals surface area (Å²) in [6.07, 6.45) is 7.51. The molecular weight excluding hydrogens is 431 g/mol. The lowest BCUT2D eigenvalue weighted by atomic mass is 10.2. The van der Waals surface area contributed by atoms with Gasteiger partial charge >= 0.3 is 0 Å². The maximum atomic E-state index is 5.61. The molecule has 0 aromatic carbocycles. The van der Waals surface area contributed by atoms with Gasteiger partial charge in [-0.2, -0.15) is 0 Å². The summed E-state index contributed by atoms with van der Waals surface area (Å²) in [5.74, 6) is 3.31. The lowest BCUT2D eigenvalue weighted by Gasteiger charge is -2.17. The lowest BCUT2D eigenvalue weighted by molar-refractivity contribution is 0.472. The summed E-state index contributed by atoms with van der Waals surface area (Å²) in [6.45, 7) is 5.09. The number of hydrogen-bond donors (Lipinski definition) is 2. The molecule has 0 saturated heterocycles. The van der Waals surface area contributed by atoms with E-state index in [4.69, 9.17) is 8.83 Å². The third-order valence-electron chi connectivity index (χ3n) is 4.39. The molecule has 2 N–H and O–H groups in total. The first-order valence-electron chi connectivity index (χ1n) is 8.71. The number of rotatable bonds is 6. The number of nitrogens with zero attached hydrogens (tertiary/aromatic N) is 2. The predicted molar refractivity (Wildman–Crippen MR) is 108 cm³/mol. The molecule has 0 unspecified atom stereocenters. The number of oxazole rings is 1. The Labute approximate surface area is 165 Å². The molecule has 0 radical (unpaired) electrons. The number of hydrogen-bond acceptors (Lipinski definition) is 4. The fraction of sp³-hybridized carbons (Fsp3) is 0.556. The number of guanidine groups is 1. The second-order valence-electron chi connectivity index (χ2n) is 6.30. The summed E-state index contributed by atoms with van der Waals surface area (Å²) in [5, 5.41) is 6.91. The molecule has 2 heterocycles. The Morgan fingerprint density at radius 2 is 2.12 bits per heavy atom. The summed E-state index contributed by atoms with van der Waals surface area (Å²) in [4.78, 5) is 9.03. The van der Waals surface area contributed by atoms with Crippen LogP contribution in [-0.2, 0) is 13.0 Å². The number of nitrogens with one attached hydrogen (secondary N) is 2. The van der Waals surface area contributed by atoms with E-state index >= 15 is 0 Å². The molecule has 0 amide bonds. The van der Waals surface area contributed by atoms with Crippen molar-refractivity contribution in [3.8, 4) is 0 Å². The minimum Gasteiger partial charge on any atom is -0.469 e. The van der Waals surface area contributed by atoms with Gasteiger partial charge in [-0.15, -0.1) is 24.0 Å². The number of furan rings is 1. The van der Waals surface area contributed by atoms with E-state index in [9.17, 15) is 0 Å². The van der Waals surface area contributed by atoms with Crippen molar-refractivity contribution in [3.63, 3.8) is 0 Å². The third kappa shape index (κ3) is 6.05. The van der Waals surface area contributed by atoms with Gasteiger partial charge in [0.05, 0.1) is 12.0 Å². The second-order valence-corrected chi connectivity index (χ2v) is 6.30. The summed E-state index contributed by atoms with van der Waals surface area (Å²) < 4.78 is 11.0. The van der Waals surface area contributed by atoms with Gasteiger partial charge in [0.25, 0.3) is 0 Å². The first kappa shape index (κ1) is 19.8. The van der Waals surface area contributed by atoms with Crippen LogP contribution in [0.15, 0.2) is 32.2 Å².